The molecule has 0 aliphatic rings. The van der Waals surface area contributed by atoms with Gasteiger partial charge in [-0.1, -0.05) is 35.9 Å². The Kier molecular flexibility index (Phi) is 4.49. The largest absolute Gasteiger partial charge is 0.326 e. The van der Waals surface area contributed by atoms with Crippen molar-refractivity contribution in [3.63, 3.8) is 0 Å². The van der Waals surface area contributed by atoms with Gasteiger partial charge in [0.1, 0.15) is 5.82 Å². The van der Waals surface area contributed by atoms with Gasteiger partial charge in [-0.3, -0.25) is 4.79 Å². The van der Waals surface area contributed by atoms with E-state index in [-0.39, 0.29) is 12.3 Å². The Labute approximate surface area is 116 Å². The third-order valence-electron chi connectivity index (χ3n) is 2.68. The molecule has 2 aromatic rings. The second-order valence-corrected chi connectivity index (χ2v) is 4.49. The quantitative estimate of drug-likeness (QED) is 0.900. The lowest BCUT2D eigenvalue weighted by Gasteiger charge is -2.08. The fourth-order valence-electron chi connectivity index (χ4n) is 1.76. The molecule has 0 saturated heterocycles. The molecule has 4 nitrogen and oxygen atoms in total. The van der Waals surface area contributed by atoms with Crippen molar-refractivity contribution in [2.45, 2.75) is 13.0 Å². The molecule has 5 heteroatoms. The van der Waals surface area contributed by atoms with Crippen LogP contribution in [0.2, 0.25) is 5.02 Å². The number of anilines is 1. The first-order chi connectivity index (χ1) is 9.19. The number of nitrogens with zero attached hydrogens (tertiary/aromatic N) is 1. The van der Waals surface area contributed by atoms with Gasteiger partial charge in [-0.25, -0.2) is 4.98 Å². The predicted molar refractivity (Wildman–Crippen MR) is 75.9 cm³/mol. The van der Waals surface area contributed by atoms with Crippen LogP contribution in [0.4, 0.5) is 5.82 Å². The smallest absolute Gasteiger partial charge is 0.229 e. The SMILES string of the molecule is NCc1ccccc1CC(=O)Nc1cc(Cl)ccn1. The van der Waals surface area contributed by atoms with Crippen molar-refractivity contribution >= 4 is 23.3 Å². The molecule has 0 atom stereocenters. The summed E-state index contributed by atoms with van der Waals surface area (Å²) < 4.78 is 0. The van der Waals surface area contributed by atoms with E-state index in [2.05, 4.69) is 10.3 Å². The molecule has 0 saturated carbocycles. The number of amides is 1. The van der Waals surface area contributed by atoms with E-state index in [1.54, 1.807) is 18.3 Å². The normalized spacial score (nSPS) is 10.2. The molecule has 0 radical (unpaired) electrons. The van der Waals surface area contributed by atoms with Crippen LogP contribution < -0.4 is 11.1 Å². The number of pyridine rings is 1. The first-order valence-corrected chi connectivity index (χ1v) is 6.25. The lowest BCUT2D eigenvalue weighted by Crippen LogP contribution is -2.16. The highest BCUT2D eigenvalue weighted by atomic mass is 35.5. The molecule has 2 rings (SSSR count). The maximum atomic E-state index is 11.9. The maximum Gasteiger partial charge on any atom is 0.229 e. The van der Waals surface area contributed by atoms with Crippen LogP contribution in [-0.4, -0.2) is 10.9 Å². The second kappa shape index (κ2) is 6.31. The summed E-state index contributed by atoms with van der Waals surface area (Å²) in [6.07, 6.45) is 1.81. The Bertz CT molecular complexity index is 586. The van der Waals surface area contributed by atoms with Crippen molar-refractivity contribution in [2.75, 3.05) is 5.32 Å². The van der Waals surface area contributed by atoms with Gasteiger partial charge in [0, 0.05) is 17.8 Å². The minimum Gasteiger partial charge on any atom is -0.326 e. The highest BCUT2D eigenvalue weighted by Gasteiger charge is 2.08. The third kappa shape index (κ3) is 3.77. The maximum absolute atomic E-state index is 11.9. The van der Waals surface area contributed by atoms with E-state index in [1.807, 2.05) is 24.3 Å². The topological polar surface area (TPSA) is 68.0 Å². The van der Waals surface area contributed by atoms with Gasteiger partial charge in [-0.15, -0.1) is 0 Å². The van der Waals surface area contributed by atoms with Crippen LogP contribution in [0.1, 0.15) is 11.1 Å². The fourth-order valence-corrected chi connectivity index (χ4v) is 1.92. The molecule has 0 fully saturated rings. The van der Waals surface area contributed by atoms with Crippen LogP contribution in [0.15, 0.2) is 42.6 Å². The number of nitrogens with two attached hydrogens (primary N) is 1. The molecule has 1 amide bonds. The fraction of sp³-hybridized carbons (Fsp3) is 0.143. The summed E-state index contributed by atoms with van der Waals surface area (Å²) in [4.78, 5) is 15.9. The molecular formula is C14H14ClN3O. The molecular weight excluding hydrogens is 262 g/mol. The predicted octanol–water partition coefficient (Wildman–Crippen LogP) is 2.37. The van der Waals surface area contributed by atoms with E-state index < -0.39 is 0 Å². The Morgan fingerprint density at radius 1 is 1.26 bits per heavy atom. The van der Waals surface area contributed by atoms with E-state index in [0.717, 1.165) is 11.1 Å². The minimum absolute atomic E-state index is 0.143. The van der Waals surface area contributed by atoms with E-state index in [0.29, 0.717) is 17.4 Å². The van der Waals surface area contributed by atoms with Crippen molar-refractivity contribution in [3.05, 3.63) is 58.7 Å². The van der Waals surface area contributed by atoms with Gasteiger partial charge < -0.3 is 11.1 Å². The Morgan fingerprint density at radius 3 is 2.68 bits per heavy atom. The zero-order chi connectivity index (χ0) is 13.7. The summed E-state index contributed by atoms with van der Waals surface area (Å²) in [5, 5.41) is 3.24. The molecule has 1 heterocycles. The van der Waals surface area contributed by atoms with Gasteiger partial charge in [0.2, 0.25) is 5.91 Å². The number of benzene rings is 1. The summed E-state index contributed by atoms with van der Waals surface area (Å²) in [6, 6.07) is 10.9. The summed E-state index contributed by atoms with van der Waals surface area (Å²) in [5.41, 5.74) is 7.53. The van der Waals surface area contributed by atoms with Crippen LogP contribution in [0.3, 0.4) is 0 Å². The van der Waals surface area contributed by atoms with Crippen molar-refractivity contribution in [1.82, 2.24) is 4.98 Å². The zero-order valence-electron chi connectivity index (χ0n) is 10.3. The molecule has 98 valence electrons. The van der Waals surface area contributed by atoms with Crippen LogP contribution in [0.5, 0.6) is 0 Å². The van der Waals surface area contributed by atoms with E-state index >= 15 is 0 Å². The highest BCUT2D eigenvalue weighted by molar-refractivity contribution is 6.30. The van der Waals surface area contributed by atoms with Crippen LogP contribution in [-0.2, 0) is 17.8 Å². The average Bonchev–Trinajstić information content (AvgIpc) is 2.39. The van der Waals surface area contributed by atoms with Gasteiger partial charge >= 0.3 is 0 Å². The Hall–Kier alpha value is -1.91. The summed E-state index contributed by atoms with van der Waals surface area (Å²) >= 11 is 5.83. The third-order valence-corrected chi connectivity index (χ3v) is 2.91. The highest BCUT2D eigenvalue weighted by Crippen LogP contribution is 2.13. The summed E-state index contributed by atoms with van der Waals surface area (Å²) in [5.74, 6) is 0.304. The van der Waals surface area contributed by atoms with Gasteiger partial charge in [-0.2, -0.15) is 0 Å². The molecule has 0 aliphatic carbocycles. The zero-order valence-corrected chi connectivity index (χ0v) is 11.0. The van der Waals surface area contributed by atoms with Crippen molar-refractivity contribution in [3.8, 4) is 0 Å². The standard InChI is InChI=1S/C14H14ClN3O/c15-12-5-6-17-13(8-12)18-14(19)7-10-3-1-2-4-11(10)9-16/h1-6,8H,7,9,16H2,(H,17,18,19). The van der Waals surface area contributed by atoms with E-state index in [9.17, 15) is 4.79 Å². The summed E-state index contributed by atoms with van der Waals surface area (Å²) in [7, 11) is 0. The number of rotatable bonds is 4. The van der Waals surface area contributed by atoms with E-state index in [1.165, 1.54) is 0 Å². The number of halogens is 1. The molecule has 0 unspecified atom stereocenters. The molecule has 3 N–H and O–H groups in total. The van der Waals surface area contributed by atoms with E-state index in [4.69, 9.17) is 17.3 Å². The molecule has 1 aromatic heterocycles. The average molecular weight is 276 g/mol. The van der Waals surface area contributed by atoms with Crippen LogP contribution in [0, 0.1) is 0 Å². The Morgan fingerprint density at radius 2 is 2.00 bits per heavy atom. The molecule has 0 aliphatic heterocycles. The molecule has 19 heavy (non-hydrogen) atoms. The van der Waals surface area contributed by atoms with Crippen molar-refractivity contribution in [2.24, 2.45) is 5.73 Å². The number of hydrogen-bond donors (Lipinski definition) is 2. The number of nitrogens with one attached hydrogen (secondary N) is 1. The molecule has 0 bridgehead atoms. The molecule has 1 aromatic carbocycles. The first kappa shape index (κ1) is 13.5. The number of carbonyl (C=O) groups excluding carboxylic acids is 1. The summed E-state index contributed by atoms with van der Waals surface area (Å²) in [6.45, 7) is 0.416. The Balaban J connectivity index is 2.05. The van der Waals surface area contributed by atoms with Gasteiger partial charge in [-0.05, 0) is 23.3 Å². The van der Waals surface area contributed by atoms with Crippen LogP contribution >= 0.6 is 11.6 Å². The monoisotopic (exact) mass is 275 g/mol. The van der Waals surface area contributed by atoms with Gasteiger partial charge in [0.25, 0.3) is 0 Å². The van der Waals surface area contributed by atoms with Gasteiger partial charge in [0.05, 0.1) is 6.42 Å². The minimum atomic E-state index is -0.143. The number of carbonyl (C=O) groups is 1. The lowest BCUT2D eigenvalue weighted by molar-refractivity contribution is -0.115. The lowest BCUT2D eigenvalue weighted by atomic mass is 10.0. The molecule has 0 spiro atoms. The first-order valence-electron chi connectivity index (χ1n) is 5.87. The van der Waals surface area contributed by atoms with Gasteiger partial charge in [0.15, 0.2) is 0 Å². The number of hydrogen-bond acceptors (Lipinski definition) is 3. The van der Waals surface area contributed by atoms with Crippen molar-refractivity contribution in [1.29, 1.82) is 0 Å². The second-order valence-electron chi connectivity index (χ2n) is 4.06. The van der Waals surface area contributed by atoms with Crippen LogP contribution in [0.25, 0.3) is 0 Å². The number of aromatic nitrogens is 1. The van der Waals surface area contributed by atoms with Crippen molar-refractivity contribution < 1.29 is 4.79 Å².